The number of phenols is 2. The van der Waals surface area contributed by atoms with Gasteiger partial charge in [-0.25, -0.2) is 0 Å². The number of unbranched alkanes of at least 4 members (excludes halogenated alkanes) is 5. The van der Waals surface area contributed by atoms with Crippen molar-refractivity contribution in [3.63, 3.8) is 0 Å². The second-order valence-corrected chi connectivity index (χ2v) is 15.2. The molecular weight excluding hydrogens is 568 g/mol. The fraction of sp³-hybridized carbons (Fsp3) is 0.524. The van der Waals surface area contributed by atoms with Crippen molar-refractivity contribution in [3.05, 3.63) is 81.9 Å². The van der Waals surface area contributed by atoms with Crippen molar-refractivity contribution in [1.29, 1.82) is 0 Å². The summed E-state index contributed by atoms with van der Waals surface area (Å²) >= 11 is 0. The van der Waals surface area contributed by atoms with Crippen LogP contribution in [0.4, 0.5) is 0 Å². The highest BCUT2D eigenvalue weighted by Crippen LogP contribution is 2.54. The summed E-state index contributed by atoms with van der Waals surface area (Å²) in [7, 11) is 0. The third-order valence-electron chi connectivity index (χ3n) is 11.0. The van der Waals surface area contributed by atoms with Gasteiger partial charge in [0, 0.05) is 23.0 Å². The first-order chi connectivity index (χ1) is 22.0. The van der Waals surface area contributed by atoms with Crippen LogP contribution < -0.4 is 9.47 Å². The number of rotatable bonds is 11. The van der Waals surface area contributed by atoms with E-state index < -0.39 is 5.60 Å². The van der Waals surface area contributed by atoms with E-state index in [0.29, 0.717) is 17.4 Å². The summed E-state index contributed by atoms with van der Waals surface area (Å²) in [5.74, 6) is 3.00. The predicted molar refractivity (Wildman–Crippen MR) is 188 cm³/mol. The number of aryl methyl sites for hydroxylation is 3. The standard InChI is InChI=1S/C42H54O4/c1-7-8-11-14-29-23-36(44)40-32-22-28(3)17-19-34(32)42(6,46-38(40)26-29)20-13-10-9-12-15-30-24-35(43)39-31-21-27(2)16-18-33(31)41(4,5)45-37(39)25-30/h17,19,21-26,31,33,43-44H,7-16,18,20H2,1-6H3/t31?,33-,42?/m1/s1. The van der Waals surface area contributed by atoms with E-state index in [1.54, 1.807) is 0 Å². The fourth-order valence-electron chi connectivity index (χ4n) is 8.41. The quantitative estimate of drug-likeness (QED) is 0.165. The second-order valence-electron chi connectivity index (χ2n) is 15.2. The summed E-state index contributed by atoms with van der Waals surface area (Å²) in [6, 6.07) is 14.8. The molecule has 2 heterocycles. The Bertz CT molecular complexity index is 1610. The zero-order valence-corrected chi connectivity index (χ0v) is 29.0. The molecule has 0 radical (unpaired) electrons. The van der Waals surface area contributed by atoms with Crippen molar-refractivity contribution in [3.8, 4) is 34.1 Å². The molecule has 0 aromatic heterocycles. The summed E-state index contributed by atoms with van der Waals surface area (Å²) < 4.78 is 13.4. The zero-order chi connectivity index (χ0) is 32.6. The largest absolute Gasteiger partial charge is 0.507 e. The summed E-state index contributed by atoms with van der Waals surface area (Å²) in [6.07, 6.45) is 15.2. The topological polar surface area (TPSA) is 58.9 Å². The molecule has 3 atom stereocenters. The monoisotopic (exact) mass is 622 g/mol. The first-order valence-corrected chi connectivity index (χ1v) is 17.9. The Balaban J connectivity index is 1.09. The molecule has 2 N–H and O–H groups in total. The molecule has 0 saturated heterocycles. The van der Waals surface area contributed by atoms with Gasteiger partial charge in [-0.05, 0) is 127 Å². The molecule has 0 amide bonds. The van der Waals surface area contributed by atoms with Crippen LogP contribution >= 0.6 is 0 Å². The number of phenolic OH excluding ortho intramolecular Hbond substituents is 2. The maximum absolute atomic E-state index is 11.2. The normalized spacial score (nSPS) is 22.4. The van der Waals surface area contributed by atoms with E-state index in [0.717, 1.165) is 109 Å². The van der Waals surface area contributed by atoms with Crippen molar-refractivity contribution >= 4 is 0 Å². The maximum atomic E-state index is 11.2. The molecule has 6 rings (SSSR count). The van der Waals surface area contributed by atoms with Crippen molar-refractivity contribution in [1.82, 2.24) is 0 Å². The van der Waals surface area contributed by atoms with Gasteiger partial charge in [0.15, 0.2) is 0 Å². The Morgan fingerprint density at radius 1 is 0.783 bits per heavy atom. The minimum Gasteiger partial charge on any atom is -0.507 e. The average molecular weight is 623 g/mol. The van der Waals surface area contributed by atoms with E-state index in [1.807, 2.05) is 12.1 Å². The molecule has 246 valence electrons. The van der Waals surface area contributed by atoms with E-state index in [1.165, 1.54) is 24.0 Å². The lowest BCUT2D eigenvalue weighted by atomic mass is 9.68. The van der Waals surface area contributed by atoms with Crippen LogP contribution in [0.2, 0.25) is 0 Å². The van der Waals surface area contributed by atoms with Crippen LogP contribution in [-0.2, 0) is 18.4 Å². The molecule has 3 aliphatic rings. The zero-order valence-electron chi connectivity index (χ0n) is 29.0. The molecule has 46 heavy (non-hydrogen) atoms. The van der Waals surface area contributed by atoms with Crippen LogP contribution in [0.1, 0.15) is 133 Å². The summed E-state index contributed by atoms with van der Waals surface area (Å²) in [5, 5.41) is 22.3. The minimum absolute atomic E-state index is 0.225. The molecule has 0 saturated carbocycles. The van der Waals surface area contributed by atoms with E-state index in [4.69, 9.17) is 9.47 Å². The van der Waals surface area contributed by atoms with Crippen molar-refractivity contribution < 1.29 is 19.7 Å². The Kier molecular flexibility index (Phi) is 9.20. The fourth-order valence-corrected chi connectivity index (χ4v) is 8.41. The Labute approximate surface area is 276 Å². The van der Waals surface area contributed by atoms with Gasteiger partial charge in [-0.2, -0.15) is 0 Å². The van der Waals surface area contributed by atoms with Gasteiger partial charge in [0.25, 0.3) is 0 Å². The number of ether oxygens (including phenoxy) is 2. The van der Waals surface area contributed by atoms with Gasteiger partial charge in [-0.3, -0.25) is 0 Å². The van der Waals surface area contributed by atoms with E-state index in [9.17, 15) is 10.2 Å². The highest BCUT2D eigenvalue weighted by Gasteiger charge is 2.45. The number of hydrogen-bond donors (Lipinski definition) is 2. The van der Waals surface area contributed by atoms with Gasteiger partial charge in [0.05, 0.1) is 5.56 Å². The highest BCUT2D eigenvalue weighted by atomic mass is 16.5. The van der Waals surface area contributed by atoms with Gasteiger partial charge < -0.3 is 19.7 Å². The maximum Gasteiger partial charge on any atom is 0.132 e. The number of aromatic hydroxyl groups is 2. The van der Waals surface area contributed by atoms with Gasteiger partial charge in [0.2, 0.25) is 0 Å². The number of benzene rings is 3. The molecule has 3 aromatic carbocycles. The lowest BCUT2D eigenvalue weighted by Gasteiger charge is -2.46. The molecule has 2 unspecified atom stereocenters. The Hall–Kier alpha value is -3.40. The van der Waals surface area contributed by atoms with Crippen molar-refractivity contribution in [2.24, 2.45) is 5.92 Å². The second kappa shape index (κ2) is 13.0. The van der Waals surface area contributed by atoms with Gasteiger partial charge in [-0.15, -0.1) is 0 Å². The Morgan fingerprint density at radius 3 is 2.24 bits per heavy atom. The van der Waals surface area contributed by atoms with Gasteiger partial charge in [-0.1, -0.05) is 68.0 Å². The molecule has 2 aliphatic heterocycles. The molecular formula is C42H54O4. The van der Waals surface area contributed by atoms with Crippen LogP contribution in [0.5, 0.6) is 23.0 Å². The SMILES string of the molecule is CCCCCc1cc(O)c2c(c1)OC(C)(CCCCCCc1cc(O)c3c(c1)OC(C)(C)[C@@H]1CCC(C)=CC31)c1ccc(C)cc1-2. The third kappa shape index (κ3) is 6.42. The highest BCUT2D eigenvalue weighted by molar-refractivity contribution is 5.82. The van der Waals surface area contributed by atoms with Crippen molar-refractivity contribution in [2.45, 2.75) is 136 Å². The molecule has 4 nitrogen and oxygen atoms in total. The molecule has 3 aromatic rings. The lowest BCUT2D eigenvalue weighted by Crippen LogP contribution is -2.45. The predicted octanol–water partition coefficient (Wildman–Crippen LogP) is 11.2. The summed E-state index contributed by atoms with van der Waals surface area (Å²) in [4.78, 5) is 0. The van der Waals surface area contributed by atoms with E-state index in [-0.39, 0.29) is 11.5 Å². The molecule has 0 fully saturated rings. The first kappa shape index (κ1) is 32.5. The third-order valence-corrected chi connectivity index (χ3v) is 11.0. The van der Waals surface area contributed by atoms with Crippen molar-refractivity contribution in [2.75, 3.05) is 0 Å². The molecule has 4 heteroatoms. The van der Waals surface area contributed by atoms with E-state index >= 15 is 0 Å². The van der Waals surface area contributed by atoms with Crippen LogP contribution in [-0.4, -0.2) is 15.8 Å². The lowest BCUT2D eigenvalue weighted by molar-refractivity contribution is 0.0107. The number of fused-ring (bicyclic) bond motifs is 6. The summed E-state index contributed by atoms with van der Waals surface area (Å²) in [6.45, 7) is 13.2. The van der Waals surface area contributed by atoms with Crippen LogP contribution in [0.15, 0.2) is 54.1 Å². The number of allylic oxidation sites excluding steroid dienone is 2. The molecule has 0 bridgehead atoms. The Morgan fingerprint density at radius 2 is 1.48 bits per heavy atom. The molecule has 0 spiro atoms. The first-order valence-electron chi connectivity index (χ1n) is 17.9. The smallest absolute Gasteiger partial charge is 0.132 e. The van der Waals surface area contributed by atoms with Gasteiger partial charge >= 0.3 is 0 Å². The molecule has 1 aliphatic carbocycles. The summed E-state index contributed by atoms with van der Waals surface area (Å²) in [5.41, 5.74) is 8.29. The minimum atomic E-state index is -0.442. The average Bonchev–Trinajstić information content (AvgIpc) is 2.98. The van der Waals surface area contributed by atoms with Crippen LogP contribution in [0.25, 0.3) is 11.1 Å². The van der Waals surface area contributed by atoms with Crippen LogP contribution in [0, 0.1) is 12.8 Å². The van der Waals surface area contributed by atoms with Crippen LogP contribution in [0.3, 0.4) is 0 Å². The van der Waals surface area contributed by atoms with Gasteiger partial charge in [0.1, 0.15) is 34.2 Å². The van der Waals surface area contributed by atoms with E-state index in [2.05, 4.69) is 78.0 Å². The number of hydrogen-bond acceptors (Lipinski definition) is 4.